The predicted octanol–water partition coefficient (Wildman–Crippen LogP) is 2.02. The van der Waals surface area contributed by atoms with E-state index in [2.05, 4.69) is 12.2 Å². The Morgan fingerprint density at radius 1 is 1.31 bits per heavy atom. The zero-order valence-corrected chi connectivity index (χ0v) is 7.58. The van der Waals surface area contributed by atoms with Crippen LogP contribution < -0.4 is 5.32 Å². The van der Waals surface area contributed by atoms with Crippen molar-refractivity contribution in [2.24, 2.45) is 0 Å². The number of amides is 1. The first-order valence-electron chi connectivity index (χ1n) is 4.27. The van der Waals surface area contributed by atoms with Crippen molar-refractivity contribution in [3.05, 3.63) is 35.4 Å². The van der Waals surface area contributed by atoms with Gasteiger partial charge in [-0.2, -0.15) is 0 Å². The van der Waals surface area contributed by atoms with Gasteiger partial charge in [-0.1, -0.05) is 31.2 Å². The van der Waals surface area contributed by atoms with Gasteiger partial charge in [0.15, 0.2) is 0 Å². The van der Waals surface area contributed by atoms with Gasteiger partial charge < -0.3 is 10.4 Å². The average Bonchev–Trinajstić information content (AvgIpc) is 2.15. The maximum atomic E-state index is 10.2. The third-order valence-corrected chi connectivity index (χ3v) is 1.87. The summed E-state index contributed by atoms with van der Waals surface area (Å²) in [4.78, 5) is 10.2. The van der Waals surface area contributed by atoms with Gasteiger partial charge in [-0.05, 0) is 17.5 Å². The second-order valence-corrected chi connectivity index (χ2v) is 2.83. The number of aryl methyl sites for hydroxylation is 1. The smallest absolute Gasteiger partial charge is 0.404 e. The van der Waals surface area contributed by atoms with Crippen LogP contribution >= 0.6 is 0 Å². The highest BCUT2D eigenvalue weighted by Crippen LogP contribution is 2.04. The van der Waals surface area contributed by atoms with Gasteiger partial charge in [-0.15, -0.1) is 0 Å². The number of rotatable bonds is 3. The Bertz CT molecular complexity index is 279. The van der Waals surface area contributed by atoms with Crippen LogP contribution in [-0.4, -0.2) is 11.2 Å². The average molecular weight is 179 g/mol. The van der Waals surface area contributed by atoms with E-state index < -0.39 is 6.09 Å². The molecule has 1 aromatic carbocycles. The molecular formula is C10H13NO2. The van der Waals surface area contributed by atoms with E-state index in [-0.39, 0.29) is 0 Å². The van der Waals surface area contributed by atoms with Crippen LogP contribution in [0.3, 0.4) is 0 Å². The van der Waals surface area contributed by atoms with Gasteiger partial charge in [-0.25, -0.2) is 4.79 Å². The lowest BCUT2D eigenvalue weighted by Crippen LogP contribution is -2.19. The maximum Gasteiger partial charge on any atom is 0.404 e. The standard InChI is InChI=1S/C10H13NO2/c1-2-8-3-5-9(6-4-8)7-11-10(12)13/h3-6,11H,2,7H2,1H3,(H,12,13). The molecular weight excluding hydrogens is 166 g/mol. The summed E-state index contributed by atoms with van der Waals surface area (Å²) >= 11 is 0. The van der Waals surface area contributed by atoms with E-state index in [1.807, 2.05) is 24.3 Å². The summed E-state index contributed by atoms with van der Waals surface area (Å²) in [6.45, 7) is 2.46. The minimum absolute atomic E-state index is 0.374. The summed E-state index contributed by atoms with van der Waals surface area (Å²) in [5, 5.41) is 10.7. The topological polar surface area (TPSA) is 49.3 Å². The van der Waals surface area contributed by atoms with E-state index in [0.717, 1.165) is 12.0 Å². The highest BCUT2D eigenvalue weighted by atomic mass is 16.4. The molecule has 0 aliphatic carbocycles. The molecule has 3 nitrogen and oxygen atoms in total. The van der Waals surface area contributed by atoms with E-state index in [4.69, 9.17) is 5.11 Å². The number of hydrogen-bond acceptors (Lipinski definition) is 1. The van der Waals surface area contributed by atoms with Crippen molar-refractivity contribution >= 4 is 6.09 Å². The Kier molecular flexibility index (Phi) is 3.31. The molecule has 0 spiro atoms. The van der Waals surface area contributed by atoms with Gasteiger partial charge in [0, 0.05) is 6.54 Å². The van der Waals surface area contributed by atoms with E-state index in [1.165, 1.54) is 5.56 Å². The van der Waals surface area contributed by atoms with Gasteiger partial charge in [0.05, 0.1) is 0 Å². The summed E-state index contributed by atoms with van der Waals surface area (Å²) in [6, 6.07) is 7.90. The molecule has 70 valence electrons. The van der Waals surface area contributed by atoms with Gasteiger partial charge in [0.25, 0.3) is 0 Å². The molecule has 0 radical (unpaired) electrons. The molecule has 2 N–H and O–H groups in total. The third-order valence-electron chi connectivity index (χ3n) is 1.87. The molecule has 0 saturated carbocycles. The van der Waals surface area contributed by atoms with Crippen LogP contribution in [0, 0.1) is 0 Å². The largest absolute Gasteiger partial charge is 0.465 e. The fraction of sp³-hybridized carbons (Fsp3) is 0.300. The van der Waals surface area contributed by atoms with Crippen LogP contribution in [0.25, 0.3) is 0 Å². The molecule has 0 saturated heterocycles. The first-order valence-corrected chi connectivity index (χ1v) is 4.27. The van der Waals surface area contributed by atoms with Gasteiger partial charge >= 0.3 is 6.09 Å². The first kappa shape index (κ1) is 9.58. The van der Waals surface area contributed by atoms with E-state index in [1.54, 1.807) is 0 Å². The molecule has 0 atom stereocenters. The van der Waals surface area contributed by atoms with Crippen LogP contribution in [0.2, 0.25) is 0 Å². The summed E-state index contributed by atoms with van der Waals surface area (Å²) in [6.07, 6.45) is 0.0201. The Labute approximate surface area is 77.4 Å². The quantitative estimate of drug-likeness (QED) is 0.745. The van der Waals surface area contributed by atoms with E-state index in [0.29, 0.717) is 6.54 Å². The highest BCUT2D eigenvalue weighted by Gasteiger charge is 1.95. The number of carboxylic acid groups (broad SMARTS) is 1. The monoisotopic (exact) mass is 179 g/mol. The number of nitrogens with one attached hydrogen (secondary N) is 1. The molecule has 0 aliphatic heterocycles. The van der Waals surface area contributed by atoms with Crippen molar-refractivity contribution in [3.63, 3.8) is 0 Å². The SMILES string of the molecule is CCc1ccc(CNC(=O)O)cc1. The number of benzene rings is 1. The van der Waals surface area contributed by atoms with Crippen molar-refractivity contribution in [2.75, 3.05) is 0 Å². The van der Waals surface area contributed by atoms with Crippen LogP contribution in [0.1, 0.15) is 18.1 Å². The van der Waals surface area contributed by atoms with E-state index in [9.17, 15) is 4.79 Å². The number of hydrogen-bond donors (Lipinski definition) is 2. The minimum Gasteiger partial charge on any atom is -0.465 e. The second-order valence-electron chi connectivity index (χ2n) is 2.83. The lowest BCUT2D eigenvalue weighted by Gasteiger charge is -2.02. The predicted molar refractivity (Wildman–Crippen MR) is 50.7 cm³/mol. The first-order chi connectivity index (χ1) is 6.22. The molecule has 0 heterocycles. The van der Waals surface area contributed by atoms with Crippen molar-refractivity contribution in [2.45, 2.75) is 19.9 Å². The van der Waals surface area contributed by atoms with Gasteiger partial charge in [-0.3, -0.25) is 0 Å². The van der Waals surface area contributed by atoms with Crippen molar-refractivity contribution in [1.82, 2.24) is 5.32 Å². The molecule has 13 heavy (non-hydrogen) atoms. The van der Waals surface area contributed by atoms with Crippen LogP contribution in [0.15, 0.2) is 24.3 Å². The van der Waals surface area contributed by atoms with Crippen LogP contribution in [-0.2, 0) is 13.0 Å². The van der Waals surface area contributed by atoms with E-state index >= 15 is 0 Å². The molecule has 0 fully saturated rings. The Balaban J connectivity index is 2.54. The van der Waals surface area contributed by atoms with Gasteiger partial charge in [0.1, 0.15) is 0 Å². The minimum atomic E-state index is -0.987. The van der Waals surface area contributed by atoms with Crippen molar-refractivity contribution < 1.29 is 9.90 Å². The zero-order chi connectivity index (χ0) is 9.68. The molecule has 1 amide bonds. The summed E-state index contributed by atoms with van der Waals surface area (Å²) < 4.78 is 0. The van der Waals surface area contributed by atoms with Gasteiger partial charge in [0.2, 0.25) is 0 Å². The maximum absolute atomic E-state index is 10.2. The molecule has 3 heteroatoms. The van der Waals surface area contributed by atoms with Crippen molar-refractivity contribution in [3.8, 4) is 0 Å². The molecule has 0 aromatic heterocycles. The zero-order valence-electron chi connectivity index (χ0n) is 7.58. The molecule has 0 bridgehead atoms. The van der Waals surface area contributed by atoms with Crippen LogP contribution in [0.4, 0.5) is 4.79 Å². The fourth-order valence-electron chi connectivity index (χ4n) is 1.07. The molecule has 0 aliphatic rings. The Morgan fingerprint density at radius 3 is 2.31 bits per heavy atom. The Morgan fingerprint density at radius 2 is 1.85 bits per heavy atom. The highest BCUT2D eigenvalue weighted by molar-refractivity contribution is 5.64. The summed E-state index contributed by atoms with van der Waals surface area (Å²) in [5.74, 6) is 0. The van der Waals surface area contributed by atoms with Crippen LogP contribution in [0.5, 0.6) is 0 Å². The third kappa shape index (κ3) is 3.15. The Hall–Kier alpha value is -1.51. The molecule has 1 rings (SSSR count). The molecule has 0 unspecified atom stereocenters. The fourth-order valence-corrected chi connectivity index (χ4v) is 1.07. The summed E-state index contributed by atoms with van der Waals surface area (Å²) in [5.41, 5.74) is 2.25. The normalized spacial score (nSPS) is 9.62. The lowest BCUT2D eigenvalue weighted by atomic mass is 10.1. The molecule has 1 aromatic rings. The summed E-state index contributed by atoms with van der Waals surface area (Å²) in [7, 11) is 0. The number of carbonyl (C=O) groups is 1. The van der Waals surface area contributed by atoms with Crippen molar-refractivity contribution in [1.29, 1.82) is 0 Å². The lowest BCUT2D eigenvalue weighted by molar-refractivity contribution is 0.194. The second kappa shape index (κ2) is 4.50.